The van der Waals surface area contributed by atoms with Gasteiger partial charge >= 0.3 is 5.97 Å². The van der Waals surface area contributed by atoms with Crippen molar-refractivity contribution in [3.8, 4) is 0 Å². The second-order valence-electron chi connectivity index (χ2n) is 4.58. The van der Waals surface area contributed by atoms with Crippen LogP contribution in [-0.2, 0) is 4.79 Å². The number of aliphatic carboxylic acids is 1. The maximum Gasteiger partial charge on any atom is 0.320 e. The molecule has 0 bridgehead atoms. The zero-order valence-electron chi connectivity index (χ0n) is 9.22. The van der Waals surface area contributed by atoms with Crippen molar-refractivity contribution < 1.29 is 9.90 Å². The molecule has 0 aliphatic heterocycles. The lowest BCUT2D eigenvalue weighted by atomic mass is 9.81. The zero-order chi connectivity index (χ0) is 10.6. The van der Waals surface area contributed by atoms with Crippen molar-refractivity contribution in [1.29, 1.82) is 0 Å². The quantitative estimate of drug-likeness (QED) is 0.689. The van der Waals surface area contributed by atoms with Gasteiger partial charge in [0, 0.05) is 6.54 Å². The smallest absolute Gasteiger partial charge is 0.320 e. The first kappa shape index (κ1) is 12.4. The number of carboxylic acid groups (broad SMARTS) is 1. The summed E-state index contributed by atoms with van der Waals surface area (Å²) in [5.41, 5.74) is 0.143. The van der Waals surface area contributed by atoms with Crippen molar-refractivity contribution in [3.63, 3.8) is 0 Å². The van der Waals surface area contributed by atoms with Crippen LogP contribution < -0.4 is 5.32 Å². The standard InChI is InChI=1S/C10H21NO2/c1-7(2)10(4,5)6-11-8(3)9(12)13/h7-8,11H,6H2,1-5H3,(H,12,13). The maximum absolute atomic E-state index is 10.5. The van der Waals surface area contributed by atoms with Gasteiger partial charge in [-0.05, 0) is 18.3 Å². The van der Waals surface area contributed by atoms with E-state index >= 15 is 0 Å². The molecule has 0 radical (unpaired) electrons. The van der Waals surface area contributed by atoms with Crippen molar-refractivity contribution in [1.82, 2.24) is 5.32 Å². The predicted octanol–water partition coefficient (Wildman–Crippen LogP) is 1.73. The molecule has 0 aromatic rings. The average molecular weight is 187 g/mol. The van der Waals surface area contributed by atoms with E-state index in [0.717, 1.165) is 6.54 Å². The molecule has 2 N–H and O–H groups in total. The van der Waals surface area contributed by atoms with Crippen LogP contribution in [0.5, 0.6) is 0 Å². The van der Waals surface area contributed by atoms with Crippen molar-refractivity contribution in [2.75, 3.05) is 6.54 Å². The Morgan fingerprint density at radius 2 is 1.85 bits per heavy atom. The van der Waals surface area contributed by atoms with Crippen LogP contribution in [0.4, 0.5) is 0 Å². The first-order chi connectivity index (χ1) is 5.77. The number of carbonyl (C=O) groups is 1. The monoisotopic (exact) mass is 187 g/mol. The Morgan fingerprint density at radius 3 is 2.15 bits per heavy atom. The minimum absolute atomic E-state index is 0.143. The summed E-state index contributed by atoms with van der Waals surface area (Å²) in [5, 5.41) is 11.7. The van der Waals surface area contributed by atoms with Gasteiger partial charge in [-0.2, -0.15) is 0 Å². The van der Waals surface area contributed by atoms with Gasteiger partial charge in [-0.15, -0.1) is 0 Å². The van der Waals surface area contributed by atoms with E-state index in [1.54, 1.807) is 6.92 Å². The fourth-order valence-electron chi connectivity index (χ4n) is 0.708. The summed E-state index contributed by atoms with van der Waals surface area (Å²) in [6, 6.07) is -0.460. The lowest BCUT2D eigenvalue weighted by Crippen LogP contribution is -2.41. The molecule has 0 saturated heterocycles. The summed E-state index contributed by atoms with van der Waals surface area (Å²) in [7, 11) is 0. The van der Waals surface area contributed by atoms with E-state index < -0.39 is 12.0 Å². The Morgan fingerprint density at radius 1 is 1.38 bits per heavy atom. The van der Waals surface area contributed by atoms with Gasteiger partial charge in [0.25, 0.3) is 0 Å². The summed E-state index contributed by atoms with van der Waals surface area (Å²) >= 11 is 0. The SMILES string of the molecule is CC(NCC(C)(C)C(C)C)C(=O)O. The summed E-state index contributed by atoms with van der Waals surface area (Å²) in [4.78, 5) is 10.5. The van der Waals surface area contributed by atoms with Crippen LogP contribution in [0.2, 0.25) is 0 Å². The zero-order valence-corrected chi connectivity index (χ0v) is 9.22. The molecule has 0 rings (SSSR count). The topological polar surface area (TPSA) is 49.3 Å². The molecule has 0 heterocycles. The van der Waals surface area contributed by atoms with Gasteiger partial charge in [-0.3, -0.25) is 4.79 Å². The normalized spacial score (nSPS) is 14.6. The minimum Gasteiger partial charge on any atom is -0.480 e. The summed E-state index contributed by atoms with van der Waals surface area (Å²) in [6.07, 6.45) is 0. The lowest BCUT2D eigenvalue weighted by molar-refractivity contribution is -0.139. The highest BCUT2D eigenvalue weighted by atomic mass is 16.4. The number of rotatable bonds is 5. The molecule has 13 heavy (non-hydrogen) atoms. The van der Waals surface area contributed by atoms with E-state index in [-0.39, 0.29) is 5.41 Å². The highest BCUT2D eigenvalue weighted by Gasteiger charge is 2.23. The molecule has 0 saturated carbocycles. The molecule has 1 atom stereocenters. The summed E-state index contributed by atoms with van der Waals surface area (Å²) < 4.78 is 0. The van der Waals surface area contributed by atoms with Crippen molar-refractivity contribution in [2.24, 2.45) is 11.3 Å². The molecule has 0 aromatic heterocycles. The van der Waals surface area contributed by atoms with E-state index in [9.17, 15) is 4.79 Å². The van der Waals surface area contributed by atoms with E-state index in [4.69, 9.17) is 5.11 Å². The third kappa shape index (κ3) is 4.27. The molecule has 3 heteroatoms. The molecule has 0 aromatic carbocycles. The highest BCUT2D eigenvalue weighted by molar-refractivity contribution is 5.72. The fourth-order valence-corrected chi connectivity index (χ4v) is 0.708. The number of hydrogen-bond acceptors (Lipinski definition) is 2. The third-order valence-corrected chi connectivity index (χ3v) is 2.80. The Hall–Kier alpha value is -0.570. The maximum atomic E-state index is 10.5. The van der Waals surface area contributed by atoms with Crippen LogP contribution in [-0.4, -0.2) is 23.7 Å². The largest absolute Gasteiger partial charge is 0.480 e. The van der Waals surface area contributed by atoms with Gasteiger partial charge in [0.1, 0.15) is 6.04 Å². The fraction of sp³-hybridized carbons (Fsp3) is 0.900. The first-order valence-corrected chi connectivity index (χ1v) is 4.73. The van der Waals surface area contributed by atoms with Gasteiger partial charge in [0.2, 0.25) is 0 Å². The molecular formula is C10H21NO2. The van der Waals surface area contributed by atoms with Gasteiger partial charge in [-0.1, -0.05) is 27.7 Å². The van der Waals surface area contributed by atoms with E-state index in [1.807, 2.05) is 0 Å². The van der Waals surface area contributed by atoms with Gasteiger partial charge in [-0.25, -0.2) is 0 Å². The molecule has 0 amide bonds. The number of carboxylic acids is 1. The van der Waals surface area contributed by atoms with Crippen LogP contribution in [0.1, 0.15) is 34.6 Å². The van der Waals surface area contributed by atoms with Gasteiger partial charge in [0.05, 0.1) is 0 Å². The number of hydrogen-bond donors (Lipinski definition) is 2. The first-order valence-electron chi connectivity index (χ1n) is 4.73. The molecule has 0 aliphatic rings. The summed E-state index contributed by atoms with van der Waals surface area (Å²) in [5.74, 6) is -0.249. The van der Waals surface area contributed by atoms with Crippen molar-refractivity contribution in [2.45, 2.75) is 40.7 Å². The summed E-state index contributed by atoms with van der Waals surface area (Å²) in [6.45, 7) is 11.0. The van der Waals surface area contributed by atoms with Gasteiger partial charge < -0.3 is 10.4 Å². The van der Waals surface area contributed by atoms with Gasteiger partial charge in [0.15, 0.2) is 0 Å². The Kier molecular flexibility index (Phi) is 4.40. The highest BCUT2D eigenvalue weighted by Crippen LogP contribution is 2.24. The van der Waals surface area contributed by atoms with Crippen LogP contribution in [0, 0.1) is 11.3 Å². The Labute approximate surface area is 80.5 Å². The second-order valence-corrected chi connectivity index (χ2v) is 4.58. The van der Waals surface area contributed by atoms with E-state index in [1.165, 1.54) is 0 Å². The van der Waals surface area contributed by atoms with E-state index in [2.05, 4.69) is 33.0 Å². The molecule has 3 nitrogen and oxygen atoms in total. The molecule has 1 unspecified atom stereocenters. The molecular weight excluding hydrogens is 166 g/mol. The van der Waals surface area contributed by atoms with Crippen molar-refractivity contribution >= 4 is 5.97 Å². The van der Waals surface area contributed by atoms with Crippen molar-refractivity contribution in [3.05, 3.63) is 0 Å². The minimum atomic E-state index is -0.792. The predicted molar refractivity (Wildman–Crippen MR) is 53.7 cm³/mol. The third-order valence-electron chi connectivity index (χ3n) is 2.80. The molecule has 0 aliphatic carbocycles. The van der Waals surface area contributed by atoms with Crippen LogP contribution in [0.3, 0.4) is 0 Å². The second kappa shape index (κ2) is 4.61. The van der Waals surface area contributed by atoms with E-state index in [0.29, 0.717) is 5.92 Å². The number of nitrogens with one attached hydrogen (secondary N) is 1. The lowest BCUT2D eigenvalue weighted by Gasteiger charge is -2.30. The van der Waals surface area contributed by atoms with Crippen LogP contribution in [0.25, 0.3) is 0 Å². The average Bonchev–Trinajstić information content (AvgIpc) is 1.99. The molecule has 78 valence electrons. The molecule has 0 spiro atoms. The van der Waals surface area contributed by atoms with Crippen LogP contribution in [0.15, 0.2) is 0 Å². The molecule has 0 fully saturated rings. The Balaban J connectivity index is 3.95. The Bertz CT molecular complexity index is 176. The van der Waals surface area contributed by atoms with Crippen LogP contribution >= 0.6 is 0 Å².